The van der Waals surface area contributed by atoms with Gasteiger partial charge in [-0.1, -0.05) is 35.9 Å². The summed E-state index contributed by atoms with van der Waals surface area (Å²) in [5.74, 6) is 1.59. The van der Waals surface area contributed by atoms with Gasteiger partial charge in [-0.15, -0.1) is 0 Å². The van der Waals surface area contributed by atoms with Gasteiger partial charge in [-0.25, -0.2) is 4.98 Å². The van der Waals surface area contributed by atoms with Crippen molar-refractivity contribution >= 4 is 0 Å². The molecular weight excluding hydrogens is 366 g/mol. The third-order valence-electron chi connectivity index (χ3n) is 5.21. The van der Waals surface area contributed by atoms with Crippen LogP contribution in [0, 0.1) is 12.3 Å². The number of furan rings is 1. The number of aromatic nitrogens is 2. The number of nitrogens with one attached hydrogen (secondary N) is 1. The molecule has 1 aliphatic heterocycles. The Morgan fingerprint density at radius 3 is 2.72 bits per heavy atom. The Morgan fingerprint density at radius 1 is 1.14 bits per heavy atom. The molecule has 4 aromatic rings. The fraction of sp³-hybridized carbons (Fsp3) is 0.130. The molecule has 6 heteroatoms. The Bertz CT molecular complexity index is 1240. The summed E-state index contributed by atoms with van der Waals surface area (Å²) in [5, 5.41) is 18.8. The lowest BCUT2D eigenvalue weighted by Crippen LogP contribution is -2.30. The second kappa shape index (κ2) is 6.67. The average Bonchev–Trinajstić information content (AvgIpc) is 3.22. The van der Waals surface area contributed by atoms with E-state index >= 15 is 0 Å². The first kappa shape index (κ1) is 17.3. The van der Waals surface area contributed by atoms with Crippen LogP contribution in [0.1, 0.15) is 33.9 Å². The number of nitrogens with zero attached hydrogens (tertiary/aromatic N) is 2. The van der Waals surface area contributed by atoms with E-state index in [0.29, 0.717) is 29.2 Å². The number of aromatic hydroxyl groups is 1. The Balaban J connectivity index is 1.71. The molecule has 0 unspecified atom stereocenters. The summed E-state index contributed by atoms with van der Waals surface area (Å²) in [6, 6.07) is 17.0. The maximum absolute atomic E-state index is 9.92. The lowest BCUT2D eigenvalue weighted by atomic mass is 9.83. The molecule has 6 nitrogen and oxygen atoms in total. The van der Waals surface area contributed by atoms with Crippen molar-refractivity contribution in [3.8, 4) is 17.4 Å². The molecule has 0 spiro atoms. The molecule has 0 aliphatic carbocycles. The molecule has 5 rings (SSSR count). The number of phenols is 1. The van der Waals surface area contributed by atoms with Crippen LogP contribution in [0.5, 0.6) is 17.4 Å². The van der Waals surface area contributed by atoms with E-state index < -0.39 is 0 Å². The highest BCUT2D eigenvalue weighted by Gasteiger charge is 2.32. The zero-order valence-corrected chi connectivity index (χ0v) is 15.8. The normalized spacial score (nSPS) is 14.7. The van der Waals surface area contributed by atoms with E-state index in [9.17, 15) is 5.11 Å². The van der Waals surface area contributed by atoms with Gasteiger partial charge in [0.1, 0.15) is 29.1 Å². The van der Waals surface area contributed by atoms with Crippen LogP contribution in [-0.2, 0) is 6.54 Å². The van der Waals surface area contributed by atoms with E-state index in [-0.39, 0.29) is 11.7 Å². The number of rotatable bonds is 3. The minimum Gasteiger partial charge on any atom is -0.508 e. The van der Waals surface area contributed by atoms with E-state index in [2.05, 4.69) is 29.2 Å². The molecular formula is C23H19N3O3. The van der Waals surface area contributed by atoms with Crippen molar-refractivity contribution in [1.82, 2.24) is 9.55 Å². The van der Waals surface area contributed by atoms with Crippen molar-refractivity contribution < 1.29 is 14.3 Å². The van der Waals surface area contributed by atoms with Gasteiger partial charge in [0.2, 0.25) is 5.88 Å². The first-order valence-corrected chi connectivity index (χ1v) is 9.34. The topological polar surface area (TPSA) is 84.3 Å². The lowest BCUT2D eigenvalue weighted by Gasteiger charge is -2.28. The van der Waals surface area contributed by atoms with E-state index in [1.54, 1.807) is 29.3 Å². The highest BCUT2D eigenvalue weighted by Crippen LogP contribution is 2.45. The third kappa shape index (κ3) is 2.99. The van der Waals surface area contributed by atoms with Crippen molar-refractivity contribution in [2.75, 3.05) is 0 Å². The van der Waals surface area contributed by atoms with Crippen LogP contribution in [0.15, 0.2) is 71.6 Å². The smallest absolute Gasteiger partial charge is 0.228 e. The van der Waals surface area contributed by atoms with Crippen LogP contribution in [0.4, 0.5) is 0 Å². The summed E-state index contributed by atoms with van der Waals surface area (Å²) in [6.45, 7) is 2.46. The highest BCUT2D eigenvalue weighted by atomic mass is 16.5. The van der Waals surface area contributed by atoms with Gasteiger partial charge in [0.25, 0.3) is 0 Å². The first-order valence-electron chi connectivity index (χ1n) is 9.34. The molecule has 3 heterocycles. The molecule has 2 N–H and O–H groups in total. The molecule has 1 atom stereocenters. The van der Waals surface area contributed by atoms with Gasteiger partial charge >= 0.3 is 0 Å². The molecule has 2 aromatic carbocycles. The summed E-state index contributed by atoms with van der Waals surface area (Å²) in [5.41, 5.74) is 4.11. The van der Waals surface area contributed by atoms with Gasteiger partial charge in [-0.05, 0) is 30.7 Å². The Hall–Kier alpha value is -3.80. The number of phenolic OH excluding ortho intramolecular Hbond substituents is 1. The molecule has 0 fully saturated rings. The first-order chi connectivity index (χ1) is 14.1. The van der Waals surface area contributed by atoms with Gasteiger partial charge in [-0.2, -0.15) is 0 Å². The van der Waals surface area contributed by atoms with Crippen LogP contribution in [0.2, 0.25) is 0 Å². The van der Waals surface area contributed by atoms with E-state index in [1.807, 2.05) is 25.1 Å². The predicted octanol–water partition coefficient (Wildman–Crippen LogP) is 4.30. The second-order valence-corrected chi connectivity index (χ2v) is 7.19. The third-order valence-corrected chi connectivity index (χ3v) is 5.21. The molecule has 0 radical (unpaired) electrons. The fourth-order valence-electron chi connectivity index (χ4n) is 3.75. The van der Waals surface area contributed by atoms with Crippen LogP contribution >= 0.6 is 0 Å². The Morgan fingerprint density at radius 2 is 1.97 bits per heavy atom. The van der Waals surface area contributed by atoms with Crippen LogP contribution in [0.3, 0.4) is 0 Å². The number of aryl methyl sites for hydroxylation is 1. The van der Waals surface area contributed by atoms with Crippen molar-refractivity contribution in [3.05, 3.63) is 101 Å². The summed E-state index contributed by atoms with van der Waals surface area (Å²) in [7, 11) is 0. The van der Waals surface area contributed by atoms with Crippen molar-refractivity contribution in [2.24, 2.45) is 0 Å². The summed E-state index contributed by atoms with van der Waals surface area (Å²) < 4.78 is 13.2. The number of hydrogen-bond donors (Lipinski definition) is 2. The predicted molar refractivity (Wildman–Crippen MR) is 106 cm³/mol. The molecule has 2 aromatic heterocycles. The molecule has 144 valence electrons. The summed E-state index contributed by atoms with van der Waals surface area (Å²) in [6.07, 6.45) is 3.20. The summed E-state index contributed by atoms with van der Waals surface area (Å²) >= 11 is 0. The molecule has 29 heavy (non-hydrogen) atoms. The van der Waals surface area contributed by atoms with Crippen molar-refractivity contribution in [1.29, 1.82) is 5.41 Å². The van der Waals surface area contributed by atoms with Crippen molar-refractivity contribution in [3.63, 3.8) is 0 Å². The maximum atomic E-state index is 9.92. The zero-order valence-electron chi connectivity index (χ0n) is 15.8. The Labute approximate surface area is 167 Å². The highest BCUT2D eigenvalue weighted by molar-refractivity contribution is 5.57. The zero-order chi connectivity index (χ0) is 20.0. The van der Waals surface area contributed by atoms with Gasteiger partial charge in [0, 0.05) is 17.5 Å². The standard InChI is InChI=1S/C23H19N3O3/c1-14-4-6-15(7-5-14)20-18-9-8-16(27)11-19(18)29-23-21(20)22(24)26(13-25-23)12-17-3-2-10-28-17/h2-11,13,20,24,27H,12H2,1H3/t20-/m1/s1. The van der Waals surface area contributed by atoms with E-state index in [4.69, 9.17) is 14.6 Å². The SMILES string of the molecule is Cc1ccc([C@@H]2c3ccc(O)cc3Oc3ncn(Cc4ccco4)c(=N)c32)cc1. The largest absolute Gasteiger partial charge is 0.508 e. The second-order valence-electron chi connectivity index (χ2n) is 7.19. The molecule has 0 bridgehead atoms. The number of fused-ring (bicyclic) bond motifs is 2. The molecule has 0 amide bonds. The average molecular weight is 385 g/mol. The van der Waals surface area contributed by atoms with Crippen LogP contribution < -0.4 is 10.2 Å². The lowest BCUT2D eigenvalue weighted by molar-refractivity contribution is 0.411. The summed E-state index contributed by atoms with van der Waals surface area (Å²) in [4.78, 5) is 4.48. The molecule has 1 aliphatic rings. The quantitative estimate of drug-likeness (QED) is 0.485. The number of benzene rings is 2. The van der Waals surface area contributed by atoms with E-state index in [1.165, 1.54) is 0 Å². The number of hydrogen-bond acceptors (Lipinski definition) is 5. The molecule has 0 saturated carbocycles. The monoisotopic (exact) mass is 385 g/mol. The van der Waals surface area contributed by atoms with Crippen LogP contribution in [0.25, 0.3) is 0 Å². The van der Waals surface area contributed by atoms with Gasteiger partial charge in [0.05, 0.1) is 18.4 Å². The minimum absolute atomic E-state index is 0.129. The molecule has 0 saturated heterocycles. The van der Waals surface area contributed by atoms with Crippen molar-refractivity contribution in [2.45, 2.75) is 19.4 Å². The maximum Gasteiger partial charge on any atom is 0.228 e. The number of ether oxygens (including phenoxy) is 1. The minimum atomic E-state index is -0.223. The van der Waals surface area contributed by atoms with E-state index in [0.717, 1.165) is 22.5 Å². The Kier molecular flexibility index (Phi) is 3.98. The fourth-order valence-corrected chi connectivity index (χ4v) is 3.75. The van der Waals surface area contributed by atoms with Gasteiger partial charge in [0.15, 0.2) is 0 Å². The van der Waals surface area contributed by atoms with Gasteiger partial charge < -0.3 is 18.8 Å². The van der Waals surface area contributed by atoms with Crippen LogP contribution in [-0.4, -0.2) is 14.7 Å². The van der Waals surface area contributed by atoms with Gasteiger partial charge in [-0.3, -0.25) is 5.41 Å².